The van der Waals surface area contributed by atoms with Crippen molar-refractivity contribution in [2.24, 2.45) is 5.92 Å². The number of benzene rings is 2. The molecule has 0 aliphatic heterocycles. The Morgan fingerprint density at radius 3 is 2.54 bits per heavy atom. The van der Waals surface area contributed by atoms with Gasteiger partial charge in [-0.3, -0.25) is 23.4 Å². The summed E-state index contributed by atoms with van der Waals surface area (Å²) < 4.78 is 3.38. The average molecular weight is 521 g/mol. The van der Waals surface area contributed by atoms with E-state index in [1.165, 1.54) is 11.8 Å². The summed E-state index contributed by atoms with van der Waals surface area (Å²) in [5.41, 5.74) is 2.51. The van der Waals surface area contributed by atoms with Crippen molar-refractivity contribution in [2.75, 3.05) is 11.1 Å². The zero-order chi connectivity index (χ0) is 26.7. The highest BCUT2D eigenvalue weighted by Crippen LogP contribution is 2.24. The summed E-state index contributed by atoms with van der Waals surface area (Å²) >= 11 is 1.23. The lowest BCUT2D eigenvalue weighted by molar-refractivity contribution is -0.113. The van der Waals surface area contributed by atoms with E-state index in [1.807, 2.05) is 58.9 Å². The molecule has 1 atom stereocenters. The molecule has 4 rings (SSSR count). The number of fused-ring (bicyclic) bond motifs is 3. The third kappa shape index (κ3) is 5.69. The molecule has 2 heterocycles. The first-order valence-electron chi connectivity index (χ1n) is 12.4. The van der Waals surface area contributed by atoms with E-state index in [9.17, 15) is 14.4 Å². The fourth-order valence-corrected chi connectivity index (χ4v) is 4.72. The van der Waals surface area contributed by atoms with Gasteiger partial charge in [0.25, 0.3) is 11.5 Å². The maximum Gasteiger partial charge on any atom is 0.262 e. The molecule has 0 unspecified atom stereocenters. The minimum atomic E-state index is -0.212. The van der Waals surface area contributed by atoms with Crippen LogP contribution in [0.4, 0.5) is 5.69 Å². The molecule has 2 aromatic carbocycles. The van der Waals surface area contributed by atoms with Crippen molar-refractivity contribution in [1.29, 1.82) is 0 Å². The Morgan fingerprint density at radius 1 is 1.08 bits per heavy atom. The van der Waals surface area contributed by atoms with Gasteiger partial charge in [0.1, 0.15) is 0 Å². The smallest absolute Gasteiger partial charge is 0.262 e. The van der Waals surface area contributed by atoms with Crippen LogP contribution in [0.1, 0.15) is 50.0 Å². The third-order valence-corrected chi connectivity index (χ3v) is 7.05. The van der Waals surface area contributed by atoms with Gasteiger partial charge in [-0.05, 0) is 56.0 Å². The molecule has 194 valence electrons. The molecule has 2 amide bonds. The molecule has 37 heavy (non-hydrogen) atoms. The van der Waals surface area contributed by atoms with Gasteiger partial charge in [-0.25, -0.2) is 0 Å². The Balaban J connectivity index is 1.75. The van der Waals surface area contributed by atoms with Gasteiger partial charge < -0.3 is 10.6 Å². The maximum atomic E-state index is 13.4. The largest absolute Gasteiger partial charge is 0.350 e. The lowest BCUT2D eigenvalue weighted by Crippen LogP contribution is -2.32. The first-order chi connectivity index (χ1) is 17.7. The number of aryl methyl sites for hydroxylation is 1. The highest BCUT2D eigenvalue weighted by atomic mass is 32.2. The molecule has 0 aliphatic carbocycles. The first-order valence-corrected chi connectivity index (χ1v) is 13.4. The highest BCUT2D eigenvalue weighted by Gasteiger charge is 2.20. The Labute approximate surface area is 219 Å². The van der Waals surface area contributed by atoms with E-state index in [2.05, 4.69) is 20.8 Å². The molecule has 0 saturated heterocycles. The molecule has 4 aromatic rings. The van der Waals surface area contributed by atoms with Gasteiger partial charge in [-0.2, -0.15) is 0 Å². The Hall–Kier alpha value is -3.66. The van der Waals surface area contributed by atoms with E-state index in [-0.39, 0.29) is 35.1 Å². The fourth-order valence-electron chi connectivity index (χ4n) is 3.98. The van der Waals surface area contributed by atoms with Crippen LogP contribution in [0.25, 0.3) is 16.7 Å². The quantitative estimate of drug-likeness (QED) is 0.319. The van der Waals surface area contributed by atoms with E-state index >= 15 is 0 Å². The van der Waals surface area contributed by atoms with Gasteiger partial charge in [0.05, 0.1) is 16.7 Å². The molecule has 9 nitrogen and oxygen atoms in total. The fraction of sp³-hybridized carbons (Fsp3) is 0.370. The Morgan fingerprint density at radius 2 is 1.84 bits per heavy atom. The van der Waals surface area contributed by atoms with Crippen molar-refractivity contribution in [3.05, 3.63) is 63.9 Å². The molecule has 0 fully saturated rings. The predicted octanol–water partition coefficient (Wildman–Crippen LogP) is 4.27. The van der Waals surface area contributed by atoms with Gasteiger partial charge in [0.15, 0.2) is 5.16 Å². The average Bonchev–Trinajstić information content (AvgIpc) is 3.30. The molecule has 0 radical (unpaired) electrons. The van der Waals surface area contributed by atoms with Crippen molar-refractivity contribution < 1.29 is 9.59 Å². The standard InChI is InChI=1S/C27H32N6O3S/c1-6-18(5)28-24(35)19-11-12-20-22(13-19)33-26(32(25(20)36)14-16(2)3)30-31-27(33)37-15-23(34)29-21-10-8-7-9-17(21)4/h7-13,16,18H,6,14-15H2,1-5H3,(H,28,35)(H,29,34)/t18-/m0/s1. The number of anilines is 1. The first kappa shape index (κ1) is 26.4. The number of hydrogen-bond acceptors (Lipinski definition) is 6. The summed E-state index contributed by atoms with van der Waals surface area (Å²) in [6, 6.07) is 12.6. The number of amides is 2. The van der Waals surface area contributed by atoms with Crippen molar-refractivity contribution in [3.8, 4) is 0 Å². The van der Waals surface area contributed by atoms with Crippen molar-refractivity contribution >= 4 is 45.9 Å². The van der Waals surface area contributed by atoms with E-state index < -0.39 is 0 Å². The number of thioether (sulfide) groups is 1. The van der Waals surface area contributed by atoms with Crippen LogP contribution in [0.5, 0.6) is 0 Å². The van der Waals surface area contributed by atoms with Crippen LogP contribution >= 0.6 is 11.8 Å². The SMILES string of the molecule is CC[C@H](C)NC(=O)c1ccc2c(=O)n(CC(C)C)c3nnc(SCC(=O)Nc4ccccc4C)n3c2c1. The second-order valence-electron chi connectivity index (χ2n) is 9.59. The third-order valence-electron chi connectivity index (χ3n) is 6.12. The van der Waals surface area contributed by atoms with Crippen LogP contribution < -0.4 is 16.2 Å². The lowest BCUT2D eigenvalue weighted by Gasteiger charge is -2.15. The molecule has 2 N–H and O–H groups in total. The van der Waals surface area contributed by atoms with E-state index in [0.717, 1.165) is 17.7 Å². The minimum Gasteiger partial charge on any atom is -0.350 e. The Kier molecular flexibility index (Phi) is 7.97. The van der Waals surface area contributed by atoms with E-state index in [4.69, 9.17) is 0 Å². The van der Waals surface area contributed by atoms with Gasteiger partial charge in [-0.15, -0.1) is 10.2 Å². The van der Waals surface area contributed by atoms with Gasteiger partial charge in [0.2, 0.25) is 11.7 Å². The van der Waals surface area contributed by atoms with E-state index in [0.29, 0.717) is 33.9 Å². The normalized spacial score (nSPS) is 12.3. The molecule has 0 bridgehead atoms. The molecular weight excluding hydrogens is 488 g/mol. The van der Waals surface area contributed by atoms with Crippen LogP contribution in [0.2, 0.25) is 0 Å². The van der Waals surface area contributed by atoms with Crippen LogP contribution in [0.15, 0.2) is 52.4 Å². The number of rotatable bonds is 9. The number of carbonyl (C=O) groups excluding carboxylic acids is 2. The topological polar surface area (TPSA) is 110 Å². The van der Waals surface area contributed by atoms with Crippen LogP contribution in [-0.4, -0.2) is 42.8 Å². The second-order valence-corrected chi connectivity index (χ2v) is 10.5. The van der Waals surface area contributed by atoms with Crippen molar-refractivity contribution in [2.45, 2.75) is 58.8 Å². The lowest BCUT2D eigenvalue weighted by atomic mass is 10.1. The zero-order valence-corrected chi connectivity index (χ0v) is 22.6. The van der Waals surface area contributed by atoms with Gasteiger partial charge >= 0.3 is 0 Å². The molecular formula is C27H32N6O3S. The second kappa shape index (κ2) is 11.2. The summed E-state index contributed by atoms with van der Waals surface area (Å²) in [6.45, 7) is 10.4. The highest BCUT2D eigenvalue weighted by molar-refractivity contribution is 7.99. The number of para-hydroxylation sites is 1. The molecule has 0 saturated carbocycles. The van der Waals surface area contributed by atoms with Crippen molar-refractivity contribution in [1.82, 2.24) is 24.5 Å². The number of hydrogen-bond donors (Lipinski definition) is 2. The summed E-state index contributed by atoms with van der Waals surface area (Å²) in [6.07, 6.45) is 0.806. The summed E-state index contributed by atoms with van der Waals surface area (Å²) in [5.74, 6) is 0.300. The maximum absolute atomic E-state index is 13.4. The number of carbonyl (C=O) groups is 2. The predicted molar refractivity (Wildman–Crippen MR) is 147 cm³/mol. The summed E-state index contributed by atoms with van der Waals surface area (Å²) in [7, 11) is 0. The van der Waals surface area contributed by atoms with Gasteiger partial charge in [-0.1, -0.05) is 50.7 Å². The molecule has 0 spiro atoms. The Bertz CT molecular complexity index is 1520. The molecule has 2 aromatic heterocycles. The number of aromatic nitrogens is 4. The monoisotopic (exact) mass is 520 g/mol. The minimum absolute atomic E-state index is 0.0232. The van der Waals surface area contributed by atoms with Crippen LogP contribution in [0, 0.1) is 12.8 Å². The van der Waals surface area contributed by atoms with Crippen LogP contribution in [0.3, 0.4) is 0 Å². The zero-order valence-electron chi connectivity index (χ0n) is 21.7. The van der Waals surface area contributed by atoms with E-state index in [1.54, 1.807) is 27.2 Å². The van der Waals surface area contributed by atoms with Crippen molar-refractivity contribution in [3.63, 3.8) is 0 Å². The van der Waals surface area contributed by atoms with Crippen LogP contribution in [-0.2, 0) is 11.3 Å². The summed E-state index contributed by atoms with van der Waals surface area (Å²) in [4.78, 5) is 38.9. The molecule has 0 aliphatic rings. The summed E-state index contributed by atoms with van der Waals surface area (Å²) in [5, 5.41) is 15.5. The number of nitrogens with zero attached hydrogens (tertiary/aromatic N) is 4. The number of nitrogens with one attached hydrogen (secondary N) is 2. The molecule has 10 heteroatoms. The van der Waals surface area contributed by atoms with Gasteiger partial charge in [0, 0.05) is 23.8 Å².